The second-order valence-corrected chi connectivity index (χ2v) is 4.67. The number of rotatable bonds is 3. The van der Waals surface area contributed by atoms with Gasteiger partial charge in [-0.15, -0.1) is 0 Å². The Balaban J connectivity index is 2.27. The third-order valence-corrected chi connectivity index (χ3v) is 2.85. The number of methoxy groups -OCH3 is 1. The van der Waals surface area contributed by atoms with Gasteiger partial charge in [0.15, 0.2) is 0 Å². The summed E-state index contributed by atoms with van der Waals surface area (Å²) in [6, 6.07) is 10.8. The van der Waals surface area contributed by atoms with Gasteiger partial charge in [-0.2, -0.15) is 0 Å². The summed E-state index contributed by atoms with van der Waals surface area (Å²) < 4.78 is 10.4. The van der Waals surface area contributed by atoms with Gasteiger partial charge >= 0.3 is 5.97 Å². The van der Waals surface area contributed by atoms with Crippen molar-refractivity contribution in [2.75, 3.05) is 12.8 Å². The first-order chi connectivity index (χ1) is 9.49. The van der Waals surface area contributed by atoms with Crippen LogP contribution in [0.2, 0.25) is 0 Å². The Bertz CT molecular complexity index is 630. The molecule has 0 saturated heterocycles. The molecule has 2 aromatic carbocycles. The highest BCUT2D eigenvalue weighted by Crippen LogP contribution is 2.29. The predicted octanol–water partition coefficient (Wildman–Crippen LogP) is 3.46. The lowest BCUT2D eigenvalue weighted by molar-refractivity contribution is 0.0601. The number of aryl methyl sites for hydroxylation is 2. The number of carbonyl (C=O) groups excluding carboxylic acids is 1. The van der Waals surface area contributed by atoms with Crippen LogP contribution in [0.5, 0.6) is 11.5 Å². The van der Waals surface area contributed by atoms with E-state index in [1.54, 1.807) is 18.2 Å². The van der Waals surface area contributed by atoms with E-state index >= 15 is 0 Å². The number of hydrogen-bond acceptors (Lipinski definition) is 4. The van der Waals surface area contributed by atoms with Crippen LogP contribution in [0.3, 0.4) is 0 Å². The number of nitrogen functional groups attached to an aromatic ring is 1. The fourth-order valence-corrected chi connectivity index (χ4v) is 2.01. The summed E-state index contributed by atoms with van der Waals surface area (Å²) in [7, 11) is 1.33. The SMILES string of the molecule is COC(=O)c1ccc(Oc2cc(C)cc(C)c2)c(N)c1. The van der Waals surface area contributed by atoms with Crippen molar-refractivity contribution in [3.63, 3.8) is 0 Å². The summed E-state index contributed by atoms with van der Waals surface area (Å²) in [6.07, 6.45) is 0. The molecule has 0 fully saturated rings. The highest BCUT2D eigenvalue weighted by atomic mass is 16.5. The molecule has 0 amide bonds. The van der Waals surface area contributed by atoms with Crippen molar-refractivity contribution >= 4 is 11.7 Å². The van der Waals surface area contributed by atoms with Gasteiger partial charge in [0.2, 0.25) is 0 Å². The summed E-state index contributed by atoms with van der Waals surface area (Å²) in [6.45, 7) is 4.01. The molecule has 0 radical (unpaired) electrons. The summed E-state index contributed by atoms with van der Waals surface area (Å²) in [5, 5.41) is 0. The topological polar surface area (TPSA) is 61.5 Å². The van der Waals surface area contributed by atoms with Crippen LogP contribution in [0.4, 0.5) is 5.69 Å². The van der Waals surface area contributed by atoms with Crippen LogP contribution in [-0.4, -0.2) is 13.1 Å². The predicted molar refractivity (Wildman–Crippen MR) is 78.2 cm³/mol. The Hall–Kier alpha value is -2.49. The van der Waals surface area contributed by atoms with Crippen LogP contribution < -0.4 is 10.5 Å². The van der Waals surface area contributed by atoms with Crippen molar-refractivity contribution in [2.45, 2.75) is 13.8 Å². The van der Waals surface area contributed by atoms with Crippen molar-refractivity contribution in [1.82, 2.24) is 0 Å². The molecule has 0 saturated carbocycles. The molecule has 0 aliphatic rings. The molecule has 0 aliphatic carbocycles. The number of carbonyl (C=O) groups is 1. The number of nitrogens with two attached hydrogens (primary N) is 1. The fraction of sp³-hybridized carbons (Fsp3) is 0.188. The summed E-state index contributed by atoms with van der Waals surface area (Å²) in [5.74, 6) is 0.817. The van der Waals surface area contributed by atoms with Crippen LogP contribution in [0, 0.1) is 13.8 Å². The third kappa shape index (κ3) is 3.09. The number of esters is 1. The van der Waals surface area contributed by atoms with E-state index in [9.17, 15) is 4.79 Å². The molecular formula is C16H17NO3. The number of benzene rings is 2. The zero-order valence-electron chi connectivity index (χ0n) is 11.8. The first-order valence-corrected chi connectivity index (χ1v) is 6.23. The van der Waals surface area contributed by atoms with Crippen molar-refractivity contribution < 1.29 is 14.3 Å². The first-order valence-electron chi connectivity index (χ1n) is 6.23. The Morgan fingerprint density at radius 2 is 1.70 bits per heavy atom. The second kappa shape index (κ2) is 5.65. The fourth-order valence-electron chi connectivity index (χ4n) is 2.01. The Morgan fingerprint density at radius 1 is 1.05 bits per heavy atom. The van der Waals surface area contributed by atoms with Crippen LogP contribution in [0.15, 0.2) is 36.4 Å². The molecule has 0 spiro atoms. The van der Waals surface area contributed by atoms with E-state index in [1.165, 1.54) is 7.11 Å². The molecule has 20 heavy (non-hydrogen) atoms. The maximum absolute atomic E-state index is 11.4. The van der Waals surface area contributed by atoms with Crippen molar-refractivity contribution in [1.29, 1.82) is 0 Å². The van der Waals surface area contributed by atoms with Gasteiger partial charge in [-0.3, -0.25) is 0 Å². The molecule has 0 unspecified atom stereocenters. The van der Waals surface area contributed by atoms with Crippen LogP contribution in [-0.2, 0) is 4.74 Å². The highest BCUT2D eigenvalue weighted by molar-refractivity contribution is 5.90. The van der Waals surface area contributed by atoms with Crippen molar-refractivity contribution in [3.05, 3.63) is 53.1 Å². The van der Waals surface area contributed by atoms with Gasteiger partial charge in [0.25, 0.3) is 0 Å². The van der Waals surface area contributed by atoms with Gasteiger partial charge < -0.3 is 15.2 Å². The lowest BCUT2D eigenvalue weighted by atomic mass is 10.1. The van der Waals surface area contributed by atoms with E-state index in [0.717, 1.165) is 16.9 Å². The minimum absolute atomic E-state index is 0.395. The lowest BCUT2D eigenvalue weighted by Crippen LogP contribution is -2.02. The van der Waals surface area contributed by atoms with Gasteiger partial charge in [-0.05, 0) is 55.3 Å². The summed E-state index contributed by atoms with van der Waals surface area (Å²) >= 11 is 0. The number of anilines is 1. The van der Waals surface area contributed by atoms with E-state index in [4.69, 9.17) is 10.5 Å². The highest BCUT2D eigenvalue weighted by Gasteiger charge is 2.09. The second-order valence-electron chi connectivity index (χ2n) is 4.67. The molecule has 0 atom stereocenters. The first kappa shape index (κ1) is 13.9. The van der Waals surface area contributed by atoms with Gasteiger partial charge in [0, 0.05) is 0 Å². The molecule has 0 heterocycles. The van der Waals surface area contributed by atoms with Crippen LogP contribution in [0.25, 0.3) is 0 Å². The smallest absolute Gasteiger partial charge is 0.337 e. The van der Waals surface area contributed by atoms with Crippen molar-refractivity contribution in [2.24, 2.45) is 0 Å². The summed E-state index contributed by atoms with van der Waals surface area (Å²) in [5.41, 5.74) is 8.93. The van der Waals surface area contributed by atoms with Crippen LogP contribution >= 0.6 is 0 Å². The maximum Gasteiger partial charge on any atom is 0.337 e. The quantitative estimate of drug-likeness (QED) is 0.686. The minimum Gasteiger partial charge on any atom is -0.465 e. The van der Waals surface area contributed by atoms with Crippen LogP contribution in [0.1, 0.15) is 21.5 Å². The molecule has 0 aromatic heterocycles. The standard InChI is InChI=1S/C16H17NO3/c1-10-6-11(2)8-13(7-10)20-15-5-4-12(9-14(15)17)16(18)19-3/h4-9H,17H2,1-3H3. The van der Waals surface area contributed by atoms with Gasteiger partial charge in [-0.25, -0.2) is 4.79 Å². The average Bonchev–Trinajstić information content (AvgIpc) is 2.39. The molecule has 0 aliphatic heterocycles. The maximum atomic E-state index is 11.4. The van der Waals surface area contributed by atoms with E-state index in [0.29, 0.717) is 17.0 Å². The van der Waals surface area contributed by atoms with Gasteiger partial charge in [0.05, 0.1) is 18.4 Å². The van der Waals surface area contributed by atoms with E-state index in [-0.39, 0.29) is 0 Å². The van der Waals surface area contributed by atoms with Gasteiger partial charge in [-0.1, -0.05) is 6.07 Å². The molecule has 2 rings (SSSR count). The average molecular weight is 271 g/mol. The molecule has 4 nitrogen and oxygen atoms in total. The minimum atomic E-state index is -0.422. The van der Waals surface area contributed by atoms with E-state index < -0.39 is 5.97 Å². The Kier molecular flexibility index (Phi) is 3.94. The van der Waals surface area contributed by atoms with Crippen molar-refractivity contribution in [3.8, 4) is 11.5 Å². The summed E-state index contributed by atoms with van der Waals surface area (Å²) in [4.78, 5) is 11.4. The largest absolute Gasteiger partial charge is 0.465 e. The zero-order chi connectivity index (χ0) is 14.7. The normalized spacial score (nSPS) is 10.2. The molecule has 104 valence electrons. The Morgan fingerprint density at radius 3 is 2.25 bits per heavy atom. The van der Waals surface area contributed by atoms with E-state index in [1.807, 2.05) is 26.0 Å². The monoisotopic (exact) mass is 271 g/mol. The molecule has 2 N–H and O–H groups in total. The number of hydrogen-bond donors (Lipinski definition) is 1. The molecule has 0 bridgehead atoms. The molecule has 4 heteroatoms. The third-order valence-electron chi connectivity index (χ3n) is 2.85. The molecule has 2 aromatic rings. The Labute approximate surface area is 118 Å². The molecular weight excluding hydrogens is 254 g/mol. The lowest BCUT2D eigenvalue weighted by Gasteiger charge is -2.11. The number of ether oxygens (including phenoxy) is 2. The van der Waals surface area contributed by atoms with E-state index in [2.05, 4.69) is 10.8 Å². The van der Waals surface area contributed by atoms with Gasteiger partial charge in [0.1, 0.15) is 11.5 Å². The zero-order valence-corrected chi connectivity index (χ0v) is 11.8.